The van der Waals surface area contributed by atoms with Crippen molar-refractivity contribution in [1.82, 2.24) is 14.8 Å². The van der Waals surface area contributed by atoms with E-state index in [0.717, 1.165) is 22.2 Å². The molecule has 0 aliphatic heterocycles. The molecule has 0 saturated carbocycles. The van der Waals surface area contributed by atoms with Crippen molar-refractivity contribution in [3.8, 4) is 6.07 Å². The van der Waals surface area contributed by atoms with Gasteiger partial charge in [-0.2, -0.15) is 10.4 Å². The maximum atomic E-state index is 13.9. The molecule has 186 valence electrons. The number of halogens is 1. The Hall–Kier alpha value is -5.34. The Balaban J connectivity index is 1.71. The normalized spacial score (nSPS) is 11.6. The maximum absolute atomic E-state index is 13.9. The SMILES string of the molecule is N#Cc1ccc2c(n1)c(/C=C/c1cccc(F)c1)nn2C(c1ccccc1)(c1ccccc1)c1ccccc1. The predicted octanol–water partition coefficient (Wildman–Crippen LogP) is 7.45. The van der Waals surface area contributed by atoms with Gasteiger partial charge < -0.3 is 0 Å². The smallest absolute Gasteiger partial charge is 0.141 e. The van der Waals surface area contributed by atoms with Crippen molar-refractivity contribution >= 4 is 23.2 Å². The van der Waals surface area contributed by atoms with Crippen LogP contribution in [-0.4, -0.2) is 14.8 Å². The summed E-state index contributed by atoms with van der Waals surface area (Å²) in [7, 11) is 0. The minimum atomic E-state index is -0.844. The zero-order valence-electron chi connectivity index (χ0n) is 20.9. The van der Waals surface area contributed by atoms with Crippen molar-refractivity contribution in [2.75, 3.05) is 0 Å². The molecule has 0 saturated heterocycles. The molecule has 0 atom stereocenters. The van der Waals surface area contributed by atoms with Crippen molar-refractivity contribution in [3.05, 3.63) is 167 Å². The van der Waals surface area contributed by atoms with Gasteiger partial charge in [0.15, 0.2) is 0 Å². The van der Waals surface area contributed by atoms with Gasteiger partial charge in [0.1, 0.15) is 34.3 Å². The number of hydrogen-bond acceptors (Lipinski definition) is 3. The predicted molar refractivity (Wildman–Crippen MR) is 152 cm³/mol. The first-order chi connectivity index (χ1) is 19.2. The number of nitrogens with zero attached hydrogens (tertiary/aromatic N) is 4. The highest BCUT2D eigenvalue weighted by atomic mass is 19.1. The molecule has 2 heterocycles. The molecule has 6 aromatic rings. The first-order valence-electron chi connectivity index (χ1n) is 12.6. The first kappa shape index (κ1) is 24.0. The Kier molecular flexibility index (Phi) is 6.28. The van der Waals surface area contributed by atoms with Crippen LogP contribution in [-0.2, 0) is 5.54 Å². The van der Waals surface area contributed by atoms with Gasteiger partial charge in [0.25, 0.3) is 0 Å². The Labute approximate surface area is 225 Å². The van der Waals surface area contributed by atoms with Crippen molar-refractivity contribution in [2.45, 2.75) is 5.54 Å². The third kappa shape index (κ3) is 4.28. The molecule has 0 radical (unpaired) electrons. The van der Waals surface area contributed by atoms with Gasteiger partial charge in [-0.25, -0.2) is 14.1 Å². The lowest BCUT2D eigenvalue weighted by Gasteiger charge is -2.36. The average molecular weight is 507 g/mol. The van der Waals surface area contributed by atoms with E-state index in [1.54, 1.807) is 12.1 Å². The topological polar surface area (TPSA) is 54.5 Å². The number of aromatic nitrogens is 3. The maximum Gasteiger partial charge on any atom is 0.141 e. The van der Waals surface area contributed by atoms with E-state index in [-0.39, 0.29) is 5.82 Å². The van der Waals surface area contributed by atoms with Gasteiger partial charge in [-0.1, -0.05) is 109 Å². The van der Waals surface area contributed by atoms with Gasteiger partial charge in [0.05, 0.1) is 5.52 Å². The van der Waals surface area contributed by atoms with Crippen LogP contribution >= 0.6 is 0 Å². The van der Waals surface area contributed by atoms with E-state index < -0.39 is 5.54 Å². The van der Waals surface area contributed by atoms with E-state index in [1.807, 2.05) is 83.6 Å². The molecule has 0 N–H and O–H groups in total. The molecule has 5 heteroatoms. The highest BCUT2D eigenvalue weighted by Crippen LogP contribution is 2.42. The highest BCUT2D eigenvalue weighted by Gasteiger charge is 2.40. The average Bonchev–Trinajstić information content (AvgIpc) is 3.36. The Morgan fingerprint density at radius 3 is 1.82 bits per heavy atom. The summed E-state index contributed by atoms with van der Waals surface area (Å²) in [6.45, 7) is 0. The fraction of sp³-hybridized carbons (Fsp3) is 0.0294. The van der Waals surface area contributed by atoms with Crippen LogP contribution in [0.25, 0.3) is 23.2 Å². The van der Waals surface area contributed by atoms with Gasteiger partial charge in [-0.05, 0) is 52.6 Å². The van der Waals surface area contributed by atoms with Crippen molar-refractivity contribution in [1.29, 1.82) is 5.26 Å². The second-order valence-corrected chi connectivity index (χ2v) is 9.17. The lowest BCUT2D eigenvalue weighted by atomic mass is 9.77. The minimum Gasteiger partial charge on any atom is -0.243 e. The number of fused-ring (bicyclic) bond motifs is 1. The third-order valence-electron chi connectivity index (χ3n) is 6.84. The molecule has 4 aromatic carbocycles. The molecule has 0 aliphatic rings. The highest BCUT2D eigenvalue weighted by molar-refractivity contribution is 5.88. The molecule has 0 aliphatic carbocycles. The van der Waals surface area contributed by atoms with E-state index in [4.69, 9.17) is 5.10 Å². The molecule has 2 aromatic heterocycles. The summed E-state index contributed by atoms with van der Waals surface area (Å²) in [5.41, 5.74) is 5.17. The standard InChI is InChI=1S/C34H23FN4/c35-29-18-10-11-25(23-29)19-21-31-33-32(22-20-30(24-36)37-33)39(38-31)34(26-12-4-1-5-13-26,27-14-6-2-7-15-27)28-16-8-3-9-17-28/h1-23H/b21-19+. The molecule has 0 bridgehead atoms. The molecule has 6 rings (SSSR count). The molecular formula is C34H23FN4. The number of hydrogen-bond donors (Lipinski definition) is 0. The zero-order chi connectivity index (χ0) is 26.7. The molecular weight excluding hydrogens is 483 g/mol. The third-order valence-corrected chi connectivity index (χ3v) is 6.84. The van der Waals surface area contributed by atoms with Crippen molar-refractivity contribution in [2.24, 2.45) is 0 Å². The van der Waals surface area contributed by atoms with E-state index in [2.05, 4.69) is 47.5 Å². The van der Waals surface area contributed by atoms with Gasteiger partial charge in [0.2, 0.25) is 0 Å². The van der Waals surface area contributed by atoms with E-state index in [1.165, 1.54) is 12.1 Å². The number of nitriles is 1. The van der Waals surface area contributed by atoms with Crippen LogP contribution in [0.15, 0.2) is 127 Å². The summed E-state index contributed by atoms with van der Waals surface area (Å²) in [4.78, 5) is 4.67. The van der Waals surface area contributed by atoms with Crippen LogP contribution in [0.5, 0.6) is 0 Å². The van der Waals surface area contributed by atoms with Crippen molar-refractivity contribution in [3.63, 3.8) is 0 Å². The summed E-state index contributed by atoms with van der Waals surface area (Å²) in [5.74, 6) is -0.311. The lowest BCUT2D eigenvalue weighted by molar-refractivity contribution is 0.475. The van der Waals surface area contributed by atoms with Gasteiger partial charge in [-0.3, -0.25) is 0 Å². The lowest BCUT2D eigenvalue weighted by Crippen LogP contribution is -2.38. The van der Waals surface area contributed by atoms with Crippen LogP contribution in [0.2, 0.25) is 0 Å². The second kappa shape index (κ2) is 10.2. The number of benzene rings is 4. The number of pyridine rings is 1. The van der Waals surface area contributed by atoms with Crippen LogP contribution in [0, 0.1) is 17.1 Å². The largest absolute Gasteiger partial charge is 0.243 e. The molecule has 0 unspecified atom stereocenters. The van der Waals surface area contributed by atoms with Gasteiger partial charge in [-0.15, -0.1) is 0 Å². The summed E-state index contributed by atoms with van der Waals surface area (Å²) in [6, 6.07) is 42.9. The van der Waals surface area contributed by atoms with Crippen LogP contribution < -0.4 is 0 Å². The van der Waals surface area contributed by atoms with Crippen LogP contribution in [0.1, 0.15) is 33.6 Å². The van der Waals surface area contributed by atoms with Crippen LogP contribution in [0.3, 0.4) is 0 Å². The Bertz CT molecular complexity index is 1720. The summed E-state index contributed by atoms with van der Waals surface area (Å²) < 4.78 is 15.9. The van der Waals surface area contributed by atoms with E-state index in [9.17, 15) is 9.65 Å². The minimum absolute atomic E-state index is 0.298. The Morgan fingerprint density at radius 2 is 1.28 bits per heavy atom. The fourth-order valence-electron chi connectivity index (χ4n) is 5.14. The summed E-state index contributed by atoms with van der Waals surface area (Å²) in [5, 5.41) is 14.8. The first-order valence-corrected chi connectivity index (χ1v) is 12.6. The molecule has 4 nitrogen and oxygen atoms in total. The monoisotopic (exact) mass is 506 g/mol. The molecule has 39 heavy (non-hydrogen) atoms. The quantitative estimate of drug-likeness (QED) is 0.220. The fourth-order valence-corrected chi connectivity index (χ4v) is 5.14. The van der Waals surface area contributed by atoms with E-state index >= 15 is 0 Å². The van der Waals surface area contributed by atoms with Gasteiger partial charge in [0, 0.05) is 0 Å². The Morgan fingerprint density at radius 1 is 0.692 bits per heavy atom. The summed E-state index contributed by atoms with van der Waals surface area (Å²) >= 11 is 0. The summed E-state index contributed by atoms with van der Waals surface area (Å²) in [6.07, 6.45) is 3.64. The molecule has 0 spiro atoms. The van der Waals surface area contributed by atoms with E-state index in [0.29, 0.717) is 22.5 Å². The molecule has 0 fully saturated rings. The second-order valence-electron chi connectivity index (χ2n) is 9.17. The zero-order valence-corrected chi connectivity index (χ0v) is 20.9. The molecule has 0 amide bonds. The van der Waals surface area contributed by atoms with Crippen LogP contribution in [0.4, 0.5) is 4.39 Å². The van der Waals surface area contributed by atoms with Crippen molar-refractivity contribution < 1.29 is 4.39 Å². The number of rotatable bonds is 6. The van der Waals surface area contributed by atoms with Gasteiger partial charge >= 0.3 is 0 Å².